The van der Waals surface area contributed by atoms with E-state index in [2.05, 4.69) is 37.0 Å². The van der Waals surface area contributed by atoms with E-state index < -0.39 is 11.3 Å². The van der Waals surface area contributed by atoms with Crippen LogP contribution in [-0.4, -0.2) is 38.3 Å². The van der Waals surface area contributed by atoms with E-state index in [4.69, 9.17) is 15.2 Å². The van der Waals surface area contributed by atoms with E-state index in [0.717, 1.165) is 5.57 Å². The normalized spacial score (nSPS) is 22.9. The zero-order chi connectivity index (χ0) is 22.1. The van der Waals surface area contributed by atoms with E-state index in [1.165, 1.54) is 0 Å². The molecule has 1 aliphatic carbocycles. The highest BCUT2D eigenvalue weighted by atomic mass is 16.5. The number of hydrogen-bond donors (Lipinski definition) is 1. The zero-order valence-electron chi connectivity index (χ0n) is 17.6. The minimum Gasteiger partial charge on any atom is -0.497 e. The van der Waals surface area contributed by atoms with Crippen molar-refractivity contribution in [2.45, 2.75) is 25.8 Å². The fourth-order valence-electron chi connectivity index (χ4n) is 4.55. The molecule has 0 spiro atoms. The van der Waals surface area contributed by atoms with Gasteiger partial charge in [-0.15, -0.1) is 0 Å². The Morgan fingerprint density at radius 3 is 2.40 bits per heavy atom. The van der Waals surface area contributed by atoms with Gasteiger partial charge in [0.25, 0.3) is 0 Å². The molecule has 3 rings (SSSR count). The van der Waals surface area contributed by atoms with Crippen molar-refractivity contribution in [2.75, 3.05) is 27.3 Å². The van der Waals surface area contributed by atoms with Gasteiger partial charge in [0.2, 0.25) is 0 Å². The highest BCUT2D eigenvalue weighted by Crippen LogP contribution is 2.56. The first kappa shape index (κ1) is 21.2. The zero-order valence-corrected chi connectivity index (χ0v) is 17.6. The van der Waals surface area contributed by atoms with Crippen LogP contribution in [0.15, 0.2) is 41.1 Å². The molecule has 0 saturated heterocycles. The molecule has 0 unspecified atom stereocenters. The van der Waals surface area contributed by atoms with Crippen LogP contribution >= 0.6 is 0 Å². The lowest BCUT2D eigenvalue weighted by Crippen LogP contribution is -2.49. The number of hydrogen-bond acceptors (Lipinski definition) is 7. The second-order valence-corrected chi connectivity index (χ2v) is 7.83. The Morgan fingerprint density at radius 1 is 1.17 bits per heavy atom. The monoisotopic (exact) mass is 403 g/mol. The Balaban J connectivity index is 2.37. The van der Waals surface area contributed by atoms with Crippen molar-refractivity contribution in [3.8, 4) is 29.7 Å². The summed E-state index contributed by atoms with van der Waals surface area (Å²) in [5.41, 5.74) is 6.37. The van der Waals surface area contributed by atoms with Crippen molar-refractivity contribution in [3.63, 3.8) is 0 Å². The number of nitriles is 3. The third-order valence-corrected chi connectivity index (χ3v) is 6.19. The third kappa shape index (κ3) is 3.07. The summed E-state index contributed by atoms with van der Waals surface area (Å²) in [5, 5.41) is 30.3. The number of rotatable bonds is 4. The molecule has 1 heterocycles. The second kappa shape index (κ2) is 8.11. The Kier molecular flexibility index (Phi) is 5.74. The first-order chi connectivity index (χ1) is 14.4. The van der Waals surface area contributed by atoms with Crippen LogP contribution in [0.5, 0.6) is 11.5 Å². The predicted molar refractivity (Wildman–Crippen MR) is 111 cm³/mol. The standard InChI is InChI=1S/C23H25N5O2/c1-14(2)28-8-7-16-18(10-24)22(27)23(12-25,13-26)21(19(16)11-28)17-9-15(29-3)5-6-20(17)30-4/h5-7,9,14,19,21H,8,11,27H2,1-4H3/t19-,21+/m0/s1. The molecule has 1 aromatic rings. The van der Waals surface area contributed by atoms with Crippen molar-refractivity contribution in [1.82, 2.24) is 4.90 Å². The van der Waals surface area contributed by atoms with Crippen LogP contribution in [0.1, 0.15) is 25.3 Å². The summed E-state index contributed by atoms with van der Waals surface area (Å²) in [7, 11) is 3.11. The number of nitrogens with zero attached hydrogens (tertiary/aromatic N) is 4. The Bertz CT molecular complexity index is 1020. The molecule has 2 N–H and O–H groups in total. The SMILES string of the molecule is COc1ccc(OC)c([C@@H]2[C@H]3CN(C(C)C)CC=C3C(C#N)=C(N)C2(C#N)C#N)c1. The Labute approximate surface area is 177 Å². The van der Waals surface area contributed by atoms with E-state index in [1.807, 2.05) is 6.08 Å². The minimum absolute atomic E-state index is 0.00497. The Morgan fingerprint density at radius 2 is 1.87 bits per heavy atom. The average Bonchev–Trinajstić information content (AvgIpc) is 2.77. The fourth-order valence-corrected chi connectivity index (χ4v) is 4.55. The van der Waals surface area contributed by atoms with Gasteiger partial charge < -0.3 is 15.2 Å². The maximum Gasteiger partial charge on any atom is 0.191 e. The van der Waals surface area contributed by atoms with Crippen LogP contribution in [0, 0.1) is 45.3 Å². The number of nitrogens with two attached hydrogens (primary N) is 1. The summed E-state index contributed by atoms with van der Waals surface area (Å²) < 4.78 is 11.0. The molecule has 7 nitrogen and oxygen atoms in total. The molecule has 2 atom stereocenters. The van der Waals surface area contributed by atoms with Crippen LogP contribution in [0.2, 0.25) is 0 Å². The highest BCUT2D eigenvalue weighted by Gasteiger charge is 2.55. The van der Waals surface area contributed by atoms with Gasteiger partial charge >= 0.3 is 0 Å². The fraction of sp³-hybridized carbons (Fsp3) is 0.435. The Hall–Kier alpha value is -3.47. The van der Waals surface area contributed by atoms with Gasteiger partial charge in [-0.05, 0) is 37.6 Å². The molecule has 0 fully saturated rings. The van der Waals surface area contributed by atoms with E-state index >= 15 is 0 Å². The van der Waals surface area contributed by atoms with Crippen LogP contribution in [-0.2, 0) is 0 Å². The van der Waals surface area contributed by atoms with Crippen LogP contribution in [0.25, 0.3) is 0 Å². The predicted octanol–water partition coefficient (Wildman–Crippen LogP) is 2.84. The van der Waals surface area contributed by atoms with Crippen molar-refractivity contribution < 1.29 is 9.47 Å². The van der Waals surface area contributed by atoms with Crippen molar-refractivity contribution in [3.05, 3.63) is 46.7 Å². The molecule has 7 heteroatoms. The van der Waals surface area contributed by atoms with E-state index in [0.29, 0.717) is 30.2 Å². The maximum atomic E-state index is 10.2. The summed E-state index contributed by atoms with van der Waals surface area (Å²) >= 11 is 0. The quantitative estimate of drug-likeness (QED) is 0.821. The van der Waals surface area contributed by atoms with Gasteiger partial charge in [0.15, 0.2) is 5.41 Å². The molecule has 1 aliphatic heterocycles. The summed E-state index contributed by atoms with van der Waals surface area (Å²) in [6.45, 7) is 5.47. The number of methoxy groups -OCH3 is 2. The van der Waals surface area contributed by atoms with Gasteiger partial charge in [-0.2, -0.15) is 15.8 Å². The minimum atomic E-state index is -1.70. The van der Waals surface area contributed by atoms with Gasteiger partial charge in [-0.25, -0.2) is 0 Å². The molecular formula is C23H25N5O2. The molecule has 0 bridgehead atoms. The lowest BCUT2D eigenvalue weighted by Gasteiger charge is -2.46. The summed E-state index contributed by atoms with van der Waals surface area (Å²) in [6, 6.07) is 12.1. The smallest absolute Gasteiger partial charge is 0.191 e. The van der Waals surface area contributed by atoms with E-state index in [9.17, 15) is 15.8 Å². The number of allylic oxidation sites excluding steroid dienone is 2. The first-order valence-corrected chi connectivity index (χ1v) is 9.77. The molecule has 154 valence electrons. The number of fused-ring (bicyclic) bond motifs is 1. The van der Waals surface area contributed by atoms with Gasteiger partial charge in [0.05, 0.1) is 37.6 Å². The van der Waals surface area contributed by atoms with E-state index in [1.54, 1.807) is 32.4 Å². The molecule has 0 amide bonds. The third-order valence-electron chi connectivity index (χ3n) is 6.19. The average molecular weight is 403 g/mol. The van der Waals surface area contributed by atoms with Gasteiger partial charge in [0.1, 0.15) is 17.6 Å². The van der Waals surface area contributed by atoms with Crippen LogP contribution in [0.4, 0.5) is 0 Å². The molecular weight excluding hydrogens is 378 g/mol. The van der Waals surface area contributed by atoms with Gasteiger partial charge in [-0.1, -0.05) is 6.08 Å². The van der Waals surface area contributed by atoms with E-state index in [-0.39, 0.29) is 23.2 Å². The number of ether oxygens (including phenoxy) is 2. The van der Waals surface area contributed by atoms with Crippen molar-refractivity contribution >= 4 is 0 Å². The summed E-state index contributed by atoms with van der Waals surface area (Å²) in [6.07, 6.45) is 2.00. The lowest BCUT2D eigenvalue weighted by atomic mass is 9.58. The molecule has 0 radical (unpaired) electrons. The lowest BCUT2D eigenvalue weighted by molar-refractivity contribution is 0.172. The summed E-state index contributed by atoms with van der Waals surface area (Å²) in [4.78, 5) is 2.25. The maximum absolute atomic E-state index is 10.2. The van der Waals surface area contributed by atoms with Crippen LogP contribution < -0.4 is 15.2 Å². The van der Waals surface area contributed by atoms with Crippen molar-refractivity contribution in [2.24, 2.45) is 17.1 Å². The topological polar surface area (TPSA) is 119 Å². The summed E-state index contributed by atoms with van der Waals surface area (Å²) in [5.74, 6) is 0.238. The first-order valence-electron chi connectivity index (χ1n) is 9.77. The number of benzene rings is 1. The molecule has 30 heavy (non-hydrogen) atoms. The second-order valence-electron chi connectivity index (χ2n) is 7.83. The van der Waals surface area contributed by atoms with Crippen molar-refractivity contribution in [1.29, 1.82) is 15.8 Å². The molecule has 0 aromatic heterocycles. The highest BCUT2D eigenvalue weighted by molar-refractivity contribution is 5.61. The molecule has 0 saturated carbocycles. The molecule has 1 aromatic carbocycles. The largest absolute Gasteiger partial charge is 0.497 e. The molecule has 2 aliphatic rings. The van der Waals surface area contributed by atoms with Crippen LogP contribution in [0.3, 0.4) is 0 Å². The van der Waals surface area contributed by atoms with Gasteiger partial charge in [0, 0.05) is 36.5 Å². The van der Waals surface area contributed by atoms with Gasteiger partial charge in [-0.3, -0.25) is 4.90 Å².